The van der Waals surface area contributed by atoms with Gasteiger partial charge in [0, 0.05) is 38.9 Å². The number of halogens is 1. The van der Waals surface area contributed by atoms with E-state index < -0.39 is 0 Å². The van der Waals surface area contributed by atoms with Gasteiger partial charge in [-0.15, -0.1) is 0 Å². The molecule has 0 bridgehead atoms. The van der Waals surface area contributed by atoms with Crippen molar-refractivity contribution in [2.75, 3.05) is 51.2 Å². The van der Waals surface area contributed by atoms with Crippen LogP contribution < -0.4 is 15.5 Å². The molecule has 1 atom stereocenters. The molecule has 6 nitrogen and oxygen atoms in total. The number of nitrogens with zero attached hydrogens (tertiary/aromatic N) is 4. The van der Waals surface area contributed by atoms with E-state index in [2.05, 4.69) is 44.3 Å². The lowest BCUT2D eigenvalue weighted by Gasteiger charge is -2.21. The van der Waals surface area contributed by atoms with E-state index in [0.29, 0.717) is 11.1 Å². The predicted molar refractivity (Wildman–Crippen MR) is 107 cm³/mol. The SMILES string of the molecule is CCN(CC)CCCNC(=NC)NC1CCN(c2ncccc2Cl)C1. The Bertz CT molecular complexity index is 546. The Labute approximate surface area is 156 Å². The Balaban J connectivity index is 1.74. The molecule has 2 N–H and O–H groups in total. The van der Waals surface area contributed by atoms with E-state index in [-0.39, 0.29) is 0 Å². The van der Waals surface area contributed by atoms with E-state index in [1.54, 1.807) is 6.20 Å². The molecule has 0 saturated carbocycles. The summed E-state index contributed by atoms with van der Waals surface area (Å²) in [5, 5.41) is 7.64. The van der Waals surface area contributed by atoms with Crippen molar-refractivity contribution in [1.82, 2.24) is 20.5 Å². The molecule has 0 radical (unpaired) electrons. The van der Waals surface area contributed by atoms with Crippen LogP contribution in [0.4, 0.5) is 5.82 Å². The van der Waals surface area contributed by atoms with Crippen LogP contribution in [0, 0.1) is 0 Å². The van der Waals surface area contributed by atoms with Gasteiger partial charge in [-0.1, -0.05) is 25.4 Å². The molecular weight excluding hydrogens is 336 g/mol. The molecule has 1 aliphatic rings. The minimum absolute atomic E-state index is 0.354. The van der Waals surface area contributed by atoms with Gasteiger partial charge < -0.3 is 20.4 Å². The molecule has 0 amide bonds. The molecule has 0 aliphatic carbocycles. The number of rotatable bonds is 8. The number of pyridine rings is 1. The van der Waals surface area contributed by atoms with Crippen LogP contribution in [0.1, 0.15) is 26.7 Å². The standard InChI is InChI=1S/C18H31ClN6/c1-4-24(5-2)12-7-11-22-18(20-3)23-15-9-13-25(14-15)17-16(19)8-6-10-21-17/h6,8,10,15H,4-5,7,9,11-14H2,1-3H3,(H2,20,22,23). The number of aliphatic imine (C=N–C) groups is 1. The fraction of sp³-hybridized carbons (Fsp3) is 0.667. The third-order valence-electron chi connectivity index (χ3n) is 4.63. The summed E-state index contributed by atoms with van der Waals surface area (Å²) in [6.07, 6.45) is 3.95. The number of aromatic nitrogens is 1. The van der Waals surface area contributed by atoms with Crippen LogP contribution in [0.25, 0.3) is 0 Å². The fourth-order valence-corrected chi connectivity index (χ4v) is 3.36. The Morgan fingerprint density at radius 2 is 2.24 bits per heavy atom. The third kappa shape index (κ3) is 6.04. The quantitative estimate of drug-likeness (QED) is 0.419. The van der Waals surface area contributed by atoms with Crippen molar-refractivity contribution in [3.63, 3.8) is 0 Å². The molecule has 1 saturated heterocycles. The minimum Gasteiger partial charge on any atom is -0.356 e. The second-order valence-electron chi connectivity index (χ2n) is 6.26. The molecule has 2 rings (SSSR count). The van der Waals surface area contributed by atoms with Crippen molar-refractivity contribution in [2.24, 2.45) is 4.99 Å². The zero-order valence-electron chi connectivity index (χ0n) is 15.6. The summed E-state index contributed by atoms with van der Waals surface area (Å²) in [5.41, 5.74) is 0. The Hall–Kier alpha value is -1.53. The number of nitrogens with one attached hydrogen (secondary N) is 2. The van der Waals surface area contributed by atoms with Crippen LogP contribution >= 0.6 is 11.6 Å². The lowest BCUT2D eigenvalue weighted by molar-refractivity contribution is 0.300. The number of guanidine groups is 1. The molecule has 1 unspecified atom stereocenters. The highest BCUT2D eigenvalue weighted by atomic mass is 35.5. The van der Waals surface area contributed by atoms with Crippen LogP contribution in [0.2, 0.25) is 5.02 Å². The average molecular weight is 367 g/mol. The second-order valence-corrected chi connectivity index (χ2v) is 6.67. The van der Waals surface area contributed by atoms with E-state index in [1.165, 1.54) is 0 Å². The smallest absolute Gasteiger partial charge is 0.191 e. The molecule has 25 heavy (non-hydrogen) atoms. The van der Waals surface area contributed by atoms with Crippen LogP contribution in [0.15, 0.2) is 23.3 Å². The first kappa shape index (κ1) is 19.8. The Kier molecular flexibility index (Phi) is 8.28. The van der Waals surface area contributed by atoms with Crippen molar-refractivity contribution in [3.8, 4) is 0 Å². The third-order valence-corrected chi connectivity index (χ3v) is 4.92. The second kappa shape index (κ2) is 10.5. The highest BCUT2D eigenvalue weighted by Crippen LogP contribution is 2.25. The average Bonchev–Trinajstić information content (AvgIpc) is 3.09. The lowest BCUT2D eigenvalue weighted by Crippen LogP contribution is -2.45. The first-order valence-electron chi connectivity index (χ1n) is 9.22. The molecule has 0 aromatic carbocycles. The van der Waals surface area contributed by atoms with Crippen molar-refractivity contribution < 1.29 is 0 Å². The fourth-order valence-electron chi connectivity index (χ4n) is 3.12. The molecule has 1 aliphatic heterocycles. The van der Waals surface area contributed by atoms with Gasteiger partial charge in [0.25, 0.3) is 0 Å². The van der Waals surface area contributed by atoms with Crippen LogP contribution in [0.3, 0.4) is 0 Å². The lowest BCUT2D eigenvalue weighted by atomic mass is 10.3. The summed E-state index contributed by atoms with van der Waals surface area (Å²) in [4.78, 5) is 13.4. The van der Waals surface area contributed by atoms with Gasteiger partial charge in [0.2, 0.25) is 0 Å². The summed E-state index contributed by atoms with van der Waals surface area (Å²) in [5.74, 6) is 1.74. The first-order valence-corrected chi connectivity index (χ1v) is 9.60. The van der Waals surface area contributed by atoms with Gasteiger partial charge in [-0.2, -0.15) is 0 Å². The highest BCUT2D eigenvalue weighted by molar-refractivity contribution is 6.32. The molecule has 1 aromatic rings. The van der Waals surface area contributed by atoms with Crippen LogP contribution in [0.5, 0.6) is 0 Å². The molecule has 2 heterocycles. The van der Waals surface area contributed by atoms with Crippen LogP contribution in [-0.2, 0) is 0 Å². The molecule has 7 heteroatoms. The van der Waals surface area contributed by atoms with Gasteiger partial charge in [-0.25, -0.2) is 4.98 Å². The van der Waals surface area contributed by atoms with E-state index >= 15 is 0 Å². The van der Waals surface area contributed by atoms with E-state index in [0.717, 1.165) is 63.9 Å². The number of hydrogen-bond donors (Lipinski definition) is 2. The summed E-state index contributed by atoms with van der Waals surface area (Å²) >= 11 is 6.25. The van der Waals surface area contributed by atoms with E-state index in [1.807, 2.05) is 19.2 Å². The molecule has 1 fully saturated rings. The minimum atomic E-state index is 0.354. The van der Waals surface area contributed by atoms with E-state index in [9.17, 15) is 0 Å². The first-order chi connectivity index (χ1) is 12.2. The monoisotopic (exact) mass is 366 g/mol. The topological polar surface area (TPSA) is 55.8 Å². The van der Waals surface area contributed by atoms with Crippen molar-refractivity contribution in [1.29, 1.82) is 0 Å². The zero-order chi connectivity index (χ0) is 18.1. The highest BCUT2D eigenvalue weighted by Gasteiger charge is 2.25. The molecular formula is C18H31ClN6. The van der Waals surface area contributed by atoms with Crippen LogP contribution in [-0.4, -0.2) is 68.2 Å². The number of anilines is 1. The van der Waals surface area contributed by atoms with Gasteiger partial charge >= 0.3 is 0 Å². The zero-order valence-corrected chi connectivity index (χ0v) is 16.4. The van der Waals surface area contributed by atoms with Crippen molar-refractivity contribution in [2.45, 2.75) is 32.7 Å². The number of hydrogen-bond acceptors (Lipinski definition) is 4. The molecule has 0 spiro atoms. The Morgan fingerprint density at radius 1 is 1.44 bits per heavy atom. The molecule has 140 valence electrons. The van der Waals surface area contributed by atoms with E-state index in [4.69, 9.17) is 11.6 Å². The Morgan fingerprint density at radius 3 is 2.92 bits per heavy atom. The maximum Gasteiger partial charge on any atom is 0.191 e. The summed E-state index contributed by atoms with van der Waals surface area (Å²) in [7, 11) is 1.82. The summed E-state index contributed by atoms with van der Waals surface area (Å²) in [6.45, 7) is 10.5. The summed E-state index contributed by atoms with van der Waals surface area (Å²) < 4.78 is 0. The van der Waals surface area contributed by atoms with Crippen molar-refractivity contribution >= 4 is 23.4 Å². The maximum absolute atomic E-state index is 6.25. The largest absolute Gasteiger partial charge is 0.356 e. The van der Waals surface area contributed by atoms with Gasteiger partial charge in [-0.3, -0.25) is 4.99 Å². The van der Waals surface area contributed by atoms with Gasteiger partial charge in [0.15, 0.2) is 5.96 Å². The molecule has 1 aromatic heterocycles. The predicted octanol–water partition coefficient (Wildman–Crippen LogP) is 2.21. The normalized spacial score (nSPS) is 18.0. The van der Waals surface area contributed by atoms with Gasteiger partial charge in [-0.05, 0) is 44.6 Å². The van der Waals surface area contributed by atoms with Gasteiger partial charge in [0.05, 0.1) is 5.02 Å². The van der Waals surface area contributed by atoms with Gasteiger partial charge in [0.1, 0.15) is 5.82 Å². The van der Waals surface area contributed by atoms with Crippen molar-refractivity contribution in [3.05, 3.63) is 23.4 Å². The summed E-state index contributed by atoms with van der Waals surface area (Å²) in [6, 6.07) is 4.11. The maximum atomic E-state index is 6.25.